The van der Waals surface area contributed by atoms with E-state index in [0.717, 1.165) is 17.2 Å². The smallest absolute Gasteiger partial charge is 0.851 e. The van der Waals surface area contributed by atoms with E-state index in [2.05, 4.69) is 23.8 Å². The van der Waals surface area contributed by atoms with E-state index in [9.17, 15) is 34.0 Å². The first-order valence-electron chi connectivity index (χ1n) is 7.07. The minimum atomic E-state index is -5.88. The Labute approximate surface area is 292 Å². The molecular formula is C10H10N5Na5O10P2. The number of phosphoric ester groups is 1. The number of nitrogen functional groups attached to an aromatic ring is 1. The molecule has 2 aromatic heterocycles. The molecule has 0 aliphatic carbocycles. The van der Waals surface area contributed by atoms with Crippen molar-refractivity contribution >= 4 is 32.6 Å². The van der Waals surface area contributed by atoms with E-state index in [-0.39, 0.29) is 165 Å². The zero-order chi connectivity index (χ0) is 20.0. The summed E-state index contributed by atoms with van der Waals surface area (Å²) >= 11 is 0. The van der Waals surface area contributed by atoms with Crippen LogP contribution in [0.1, 0.15) is 6.23 Å². The van der Waals surface area contributed by atoms with E-state index in [4.69, 9.17) is 10.5 Å². The molecular weight excluding hydrogens is 527 g/mol. The van der Waals surface area contributed by atoms with Crippen LogP contribution >= 0.6 is 15.6 Å². The van der Waals surface area contributed by atoms with Gasteiger partial charge in [0.05, 0.1) is 26.9 Å². The van der Waals surface area contributed by atoms with E-state index < -0.39 is 46.8 Å². The van der Waals surface area contributed by atoms with Gasteiger partial charge in [0.15, 0.2) is 11.5 Å². The van der Waals surface area contributed by atoms with E-state index in [0.29, 0.717) is 0 Å². The fourth-order valence-corrected chi connectivity index (χ4v) is 3.93. The molecule has 1 fully saturated rings. The molecule has 0 aromatic carbocycles. The summed E-state index contributed by atoms with van der Waals surface area (Å²) in [6.45, 7) is -1.03. The van der Waals surface area contributed by atoms with Gasteiger partial charge in [-0.2, -0.15) is 0 Å². The molecule has 3 heterocycles. The van der Waals surface area contributed by atoms with Crippen molar-refractivity contribution in [3.8, 4) is 0 Å². The summed E-state index contributed by atoms with van der Waals surface area (Å²) < 4.78 is 35.4. The van der Waals surface area contributed by atoms with Crippen LogP contribution in [-0.4, -0.2) is 44.4 Å². The predicted molar refractivity (Wildman–Crippen MR) is 73.5 cm³/mol. The zero-order valence-corrected chi connectivity index (χ0v) is 29.8. The molecule has 5 unspecified atom stereocenters. The quantitative estimate of drug-likeness (QED) is 0.266. The number of aromatic nitrogens is 4. The molecule has 3 rings (SSSR count). The van der Waals surface area contributed by atoms with Crippen LogP contribution in [0.4, 0.5) is 5.82 Å². The number of anilines is 1. The summed E-state index contributed by atoms with van der Waals surface area (Å²) in [6, 6.07) is 0. The van der Waals surface area contributed by atoms with Crippen LogP contribution in [0.2, 0.25) is 0 Å². The minimum Gasteiger partial charge on any atom is -0.851 e. The largest absolute Gasteiger partial charge is 1.00 e. The predicted octanol–water partition coefficient (Wildman–Crippen LogP) is -19.9. The average molecular weight is 537 g/mol. The topological polar surface area (TPSA) is 247 Å². The maximum atomic E-state index is 12.2. The standard InChI is InChI=1S/C10H13N5O10P2.5Na/c11-8-5-9(13-2-12-8)15(3-14-5)10-7(17)6(16)4(24-10)1-23-27(21,22)25-26(18,19)20;;;;;/h2-4,6-7,10H,1H2,(H,21,22)(H2,11,12,13)(H2,18,19,20);;;;;/q-2;5*+1/p-3. The molecule has 1 aliphatic heterocycles. The Hall–Kier alpha value is 3.49. The van der Waals surface area contributed by atoms with Gasteiger partial charge in [0, 0.05) is 0 Å². The number of phosphoric acid groups is 2. The molecule has 0 bridgehead atoms. The fourth-order valence-electron chi connectivity index (χ4n) is 2.43. The normalized spacial score (nSPS) is 24.0. The van der Waals surface area contributed by atoms with Crippen LogP contribution in [0, 0.1) is 0 Å². The third kappa shape index (κ3) is 10.3. The molecule has 0 spiro atoms. The number of rotatable bonds is 6. The summed E-state index contributed by atoms with van der Waals surface area (Å²) in [6.07, 6.45) is -4.65. The fraction of sp³-hybridized carbons (Fsp3) is 0.500. The van der Waals surface area contributed by atoms with Gasteiger partial charge in [0.25, 0.3) is 7.82 Å². The van der Waals surface area contributed by atoms with Crippen molar-refractivity contribution in [1.29, 1.82) is 0 Å². The molecule has 1 aliphatic rings. The Kier molecular flexibility index (Phi) is 20.6. The van der Waals surface area contributed by atoms with Gasteiger partial charge in [-0.3, -0.25) is 13.4 Å². The maximum absolute atomic E-state index is 12.2. The summed E-state index contributed by atoms with van der Waals surface area (Å²) in [5.41, 5.74) is 5.89. The number of hydrogen-bond acceptors (Lipinski definition) is 14. The molecule has 0 amide bonds. The molecule has 150 valence electrons. The van der Waals surface area contributed by atoms with Gasteiger partial charge in [-0.1, -0.05) is 6.10 Å². The van der Waals surface area contributed by atoms with Crippen LogP contribution in [-0.2, 0) is 22.7 Å². The van der Waals surface area contributed by atoms with Crippen molar-refractivity contribution in [2.45, 2.75) is 24.5 Å². The van der Waals surface area contributed by atoms with E-state index in [1.54, 1.807) is 0 Å². The minimum absolute atomic E-state index is 0. The van der Waals surface area contributed by atoms with Crippen LogP contribution < -0.4 is 178 Å². The van der Waals surface area contributed by atoms with E-state index in [1.807, 2.05) is 0 Å². The summed E-state index contributed by atoms with van der Waals surface area (Å²) in [4.78, 5) is 43.5. The van der Waals surface area contributed by atoms with Crippen LogP contribution in [0.5, 0.6) is 0 Å². The first-order chi connectivity index (χ1) is 12.5. The van der Waals surface area contributed by atoms with Gasteiger partial charge in [0.1, 0.15) is 18.1 Å². The molecule has 32 heavy (non-hydrogen) atoms. The summed E-state index contributed by atoms with van der Waals surface area (Å²) in [5, 5.41) is 24.3. The second kappa shape index (κ2) is 16.5. The van der Waals surface area contributed by atoms with Crippen LogP contribution in [0.15, 0.2) is 12.7 Å². The third-order valence-corrected chi connectivity index (χ3v) is 5.61. The van der Waals surface area contributed by atoms with Gasteiger partial charge in [0.2, 0.25) is 0 Å². The first kappa shape index (κ1) is 40.0. The van der Waals surface area contributed by atoms with Gasteiger partial charge in [-0.15, -0.1) is 6.10 Å². The van der Waals surface area contributed by atoms with Crippen molar-refractivity contribution < 1.29 is 195 Å². The second-order valence-electron chi connectivity index (χ2n) is 5.35. The number of ether oxygens (including phenoxy) is 1. The number of nitrogens with zero attached hydrogens (tertiary/aromatic N) is 4. The Morgan fingerprint density at radius 3 is 2.19 bits per heavy atom. The molecule has 0 saturated carbocycles. The number of imidazole rings is 1. The Bertz CT molecular complexity index is 952. The molecule has 22 heteroatoms. The van der Waals surface area contributed by atoms with Crippen molar-refractivity contribution in [2.75, 3.05) is 12.3 Å². The molecule has 2 N–H and O–H groups in total. The van der Waals surface area contributed by atoms with Gasteiger partial charge in [-0.05, 0) is 0 Å². The van der Waals surface area contributed by atoms with Crippen molar-refractivity contribution in [3.05, 3.63) is 12.7 Å². The summed E-state index contributed by atoms with van der Waals surface area (Å²) in [5.74, 6) is 0.0295. The Balaban J connectivity index is -0.00000168. The second-order valence-corrected chi connectivity index (χ2v) is 8.05. The molecule has 0 radical (unpaired) electrons. The van der Waals surface area contributed by atoms with Crippen LogP contribution in [0.3, 0.4) is 0 Å². The molecule has 15 nitrogen and oxygen atoms in total. The zero-order valence-electron chi connectivity index (χ0n) is 18.0. The van der Waals surface area contributed by atoms with Crippen molar-refractivity contribution in [3.63, 3.8) is 0 Å². The maximum Gasteiger partial charge on any atom is 1.00 e. The number of hydrogen-bond donors (Lipinski definition) is 1. The van der Waals surface area contributed by atoms with Gasteiger partial charge >= 0.3 is 148 Å². The molecule has 1 saturated heterocycles. The summed E-state index contributed by atoms with van der Waals surface area (Å²) in [7, 11) is -11.4. The molecule has 2 aromatic rings. The number of fused-ring (bicyclic) bond motifs is 1. The SMILES string of the molecule is Nc1ncnc2c1ncn2C1OC(COP(=O)([O-])OP(=O)([O-])[O-])C([O-])C1[O-].[Na+].[Na+].[Na+].[Na+].[Na+]. The van der Waals surface area contributed by atoms with E-state index in [1.165, 1.54) is 0 Å². The number of nitrogens with two attached hydrogens (primary N) is 1. The van der Waals surface area contributed by atoms with Gasteiger partial charge < -0.3 is 44.5 Å². The molecule has 5 atom stereocenters. The monoisotopic (exact) mass is 537 g/mol. The van der Waals surface area contributed by atoms with Gasteiger partial charge in [-0.25, -0.2) is 15.0 Å². The average Bonchev–Trinajstić information content (AvgIpc) is 3.07. The third-order valence-electron chi connectivity index (χ3n) is 3.54. The Morgan fingerprint density at radius 1 is 1.03 bits per heavy atom. The first-order valence-corrected chi connectivity index (χ1v) is 10.00. The van der Waals surface area contributed by atoms with Crippen molar-refractivity contribution in [1.82, 2.24) is 19.5 Å². The van der Waals surface area contributed by atoms with Crippen LogP contribution in [0.25, 0.3) is 11.2 Å². The van der Waals surface area contributed by atoms with E-state index >= 15 is 0 Å². The van der Waals surface area contributed by atoms with Crippen molar-refractivity contribution in [2.24, 2.45) is 0 Å². The Morgan fingerprint density at radius 2 is 1.62 bits per heavy atom.